The highest BCUT2D eigenvalue weighted by Crippen LogP contribution is 2.44. The van der Waals surface area contributed by atoms with Crippen LogP contribution in [0.15, 0.2) is 163 Å². The molecule has 1 amide bonds. The fraction of sp³-hybridized carbons (Fsp3) is 0.310. The van der Waals surface area contributed by atoms with Crippen molar-refractivity contribution in [2.45, 2.75) is 82.0 Å². The van der Waals surface area contributed by atoms with Crippen molar-refractivity contribution in [3.05, 3.63) is 163 Å². The summed E-state index contributed by atoms with van der Waals surface area (Å²) in [5.41, 5.74) is 9.74. The molecule has 21 rings (SSSR count). The summed E-state index contributed by atoms with van der Waals surface area (Å²) >= 11 is 6.15. The molecule has 0 unspecified atom stereocenters. The van der Waals surface area contributed by atoms with Crippen LogP contribution in [0.4, 0.5) is 46.7 Å². The summed E-state index contributed by atoms with van der Waals surface area (Å²) in [7, 11) is -6.23. The van der Waals surface area contributed by atoms with Crippen LogP contribution in [0.2, 0.25) is 0 Å². The van der Waals surface area contributed by atoms with Crippen molar-refractivity contribution in [1.29, 1.82) is 21.0 Å². The van der Waals surface area contributed by atoms with E-state index in [-0.39, 0.29) is 88.1 Å². The summed E-state index contributed by atoms with van der Waals surface area (Å²) in [5.74, 6) is 3.02. The maximum Gasteiger partial charge on any atom is 0.229 e. The Morgan fingerprint density at radius 2 is 0.809 bits per heavy atom. The third kappa shape index (κ3) is 18.3. The first-order chi connectivity index (χ1) is 65.7. The van der Waals surface area contributed by atoms with E-state index in [4.69, 9.17) is 19.9 Å². The van der Waals surface area contributed by atoms with E-state index in [0.717, 1.165) is 85.8 Å². The molecule has 16 aromatic heterocycles. The smallest absolute Gasteiger partial charge is 0.229 e. The second-order valence-corrected chi connectivity index (χ2v) is 42.9. The van der Waals surface area contributed by atoms with Gasteiger partial charge in [0.25, 0.3) is 0 Å². The van der Waals surface area contributed by atoms with Crippen molar-refractivity contribution in [3.63, 3.8) is 0 Å². The molecule has 52 heteroatoms. The Hall–Kier alpha value is -14.9. The number of H-pyrrole nitrogens is 1. The molecule has 136 heavy (non-hydrogen) atoms. The number of benzene rings is 1. The number of aryl methyl sites for hydroxylation is 2. The van der Waals surface area contributed by atoms with E-state index in [0.29, 0.717) is 77.7 Å². The molecule has 4 fully saturated rings. The Kier molecular flexibility index (Phi) is 25.3. The van der Waals surface area contributed by atoms with Crippen molar-refractivity contribution in [2.24, 2.45) is 14.1 Å². The standard InChI is InChI=1S/C23H21N11O2S2.C21H21N9OS.C20H21N9O2S2.C20H19N9O2S2/c1-2-38(35,36)33-13-23(14-33,8-9-24)34-12-16(11-25-34)19-20-18(7-10-37-20)27-22(28-19)26-17-5-3-15(4-6-17)21-29-31-32-30-21;1-3-17(31)29-12-21(13-29,5-6-22)30-10-14(8-24-30)18-19-16(4-7-32-19)26-20(27-18)25-15-9-23-28(2)11-15;1-3-33(30,31)28-11-20(12-28,5-6-21)29-9-14(8-23-29)17-18-15(4-7-32-18)24-19(26-17)25-16-10-27(2)13-22-16;1-2-33(30,31)28-12-20(13-28,5-6-21)29-11-14(9-24-29)17-18-16(4-8-32-18)26-19(27-17)25-15-3-7-22-23-10-15/h3-7,10-12H,2,8,13-14H2,1H3,(H,26,27,28)(H,29,30,31,32);4,7-11H,3,5,12-13H2,1-2H3,(H,25,26,27);4,7-10,13H,3,5,11-12H2,1-2H3,(H,24,25,26);3-4,7-11H,2,5,12-13H2,1H3,(H,22,25,26,27). The quantitative estimate of drug-likeness (QED) is 0.0304. The highest BCUT2D eigenvalue weighted by atomic mass is 32.2. The number of amides is 1. The van der Waals surface area contributed by atoms with Gasteiger partial charge in [0.2, 0.25) is 65.6 Å². The Labute approximate surface area is 792 Å². The number of nitriles is 4. The lowest BCUT2D eigenvalue weighted by molar-refractivity contribution is -0.142. The van der Waals surface area contributed by atoms with Gasteiger partial charge in [0.05, 0.1) is 192 Å². The summed E-state index contributed by atoms with van der Waals surface area (Å²) in [6.07, 6.45) is 25.7. The molecule has 17 aromatic rings. The molecule has 5 N–H and O–H groups in total. The van der Waals surface area contributed by atoms with Crippen molar-refractivity contribution in [2.75, 3.05) is 90.9 Å². The maximum atomic E-state index is 12.3. The number of aromatic amines is 1. The minimum absolute atomic E-state index is 0.0207. The van der Waals surface area contributed by atoms with E-state index < -0.39 is 52.2 Å². The van der Waals surface area contributed by atoms with Crippen molar-refractivity contribution < 1.29 is 30.0 Å². The minimum Gasteiger partial charge on any atom is -0.338 e. The largest absolute Gasteiger partial charge is 0.338 e. The zero-order valence-corrected chi connectivity index (χ0v) is 79.1. The van der Waals surface area contributed by atoms with E-state index in [1.807, 2.05) is 138 Å². The minimum atomic E-state index is -3.33. The number of carbonyl (C=O) groups is 1. The van der Waals surface area contributed by atoms with Gasteiger partial charge >= 0.3 is 0 Å². The number of fused-ring (bicyclic) bond motifs is 4. The average molecular weight is 1960 g/mol. The predicted octanol–water partition coefficient (Wildman–Crippen LogP) is 10.3. The van der Waals surface area contributed by atoms with Gasteiger partial charge in [-0.3, -0.25) is 28.2 Å². The molecule has 0 radical (unpaired) electrons. The van der Waals surface area contributed by atoms with E-state index in [1.54, 1.807) is 112 Å². The summed E-state index contributed by atoms with van der Waals surface area (Å²) in [6.45, 7) is 8.97. The monoisotopic (exact) mass is 1960 g/mol. The van der Waals surface area contributed by atoms with E-state index in [1.165, 1.54) is 46.9 Å². The Morgan fingerprint density at radius 1 is 0.426 bits per heavy atom. The fourth-order valence-electron chi connectivity index (χ4n) is 16.1. The number of sulfonamides is 3. The zero-order chi connectivity index (χ0) is 94.9. The van der Waals surface area contributed by atoms with Gasteiger partial charge in [-0.2, -0.15) is 74.9 Å². The molecular weight excluding hydrogens is 1880 g/mol. The Morgan fingerprint density at radius 3 is 1.14 bits per heavy atom. The number of hydrogen-bond acceptors (Lipinski definition) is 38. The molecule has 4 saturated heterocycles. The Bertz CT molecular complexity index is 7840. The van der Waals surface area contributed by atoms with E-state index in [9.17, 15) is 51.1 Å². The number of tetrazole rings is 1. The number of nitrogens with one attached hydrogen (secondary N) is 5. The second-order valence-electron chi connectivity index (χ2n) is 32.4. The number of carbonyl (C=O) groups excluding carboxylic acids is 1. The van der Waals surface area contributed by atoms with Crippen LogP contribution >= 0.6 is 45.3 Å². The summed E-state index contributed by atoms with van der Waals surface area (Å²) in [4.78, 5) is 55.5. The third-order valence-corrected chi connectivity index (χ3v) is 32.4. The lowest BCUT2D eigenvalue weighted by atomic mass is 9.86. The van der Waals surface area contributed by atoms with Gasteiger partial charge in [0.1, 0.15) is 22.2 Å². The molecule has 692 valence electrons. The van der Waals surface area contributed by atoms with Crippen LogP contribution in [-0.2, 0) is 71.1 Å². The van der Waals surface area contributed by atoms with Crippen molar-refractivity contribution >= 4 is 169 Å². The highest BCUT2D eigenvalue weighted by Gasteiger charge is 2.53. The first kappa shape index (κ1) is 91.6. The highest BCUT2D eigenvalue weighted by molar-refractivity contribution is 7.89. The molecule has 0 saturated carbocycles. The van der Waals surface area contributed by atoms with Crippen LogP contribution in [0.3, 0.4) is 0 Å². The molecule has 0 atom stereocenters. The lowest BCUT2D eigenvalue weighted by Crippen LogP contribution is -2.64. The van der Waals surface area contributed by atoms with Crippen LogP contribution in [0, 0.1) is 45.3 Å². The molecule has 0 bridgehead atoms. The second kappa shape index (κ2) is 37.5. The van der Waals surface area contributed by atoms with Crippen molar-refractivity contribution in [1.82, 2.24) is 147 Å². The topological polar surface area (TPSA) is 566 Å². The number of likely N-dealkylation sites (tertiary alicyclic amines) is 1. The first-order valence-electron chi connectivity index (χ1n) is 42.3. The van der Waals surface area contributed by atoms with Gasteiger partial charge in [0.15, 0.2) is 5.82 Å². The van der Waals surface area contributed by atoms with Crippen LogP contribution in [0.25, 0.3) is 97.3 Å². The maximum absolute atomic E-state index is 12.3. The molecule has 0 aliphatic carbocycles. The number of thiophene rings is 4. The summed E-state index contributed by atoms with van der Waals surface area (Å²) in [6, 6.07) is 25.8. The van der Waals surface area contributed by atoms with E-state index >= 15 is 0 Å². The van der Waals surface area contributed by atoms with Crippen LogP contribution in [-0.4, -0.2) is 248 Å². The van der Waals surface area contributed by atoms with Crippen LogP contribution < -0.4 is 21.3 Å². The summed E-state index contributed by atoms with van der Waals surface area (Å²) < 4.78 is 91.8. The Balaban J connectivity index is 0.000000121. The van der Waals surface area contributed by atoms with Gasteiger partial charge in [-0.05, 0) is 102 Å². The average Bonchev–Trinajstić information content (AvgIpc) is 1.63. The molecule has 1 aromatic carbocycles. The molecule has 4 aliphatic rings. The number of imidazole rings is 1. The summed E-state index contributed by atoms with van der Waals surface area (Å²) in [5, 5.41) is 102. The molecule has 20 heterocycles. The van der Waals surface area contributed by atoms with Gasteiger partial charge in [-0.25, -0.2) is 70.1 Å². The number of anilines is 8. The van der Waals surface area contributed by atoms with E-state index in [2.05, 4.69) is 127 Å². The number of nitrogens with zero attached hydrogens (tertiary/aromatic N) is 33. The van der Waals surface area contributed by atoms with Gasteiger partial charge < -0.3 is 30.7 Å². The lowest BCUT2D eigenvalue weighted by Gasteiger charge is -2.49. The van der Waals surface area contributed by atoms with Gasteiger partial charge in [-0.1, -0.05) is 6.92 Å². The SMILES string of the molecule is CCC(=O)N1CC(CC#N)(n2cc(-c3nc(Nc4cnn(C)c4)nc4ccsc34)cn2)C1.CCS(=O)(=O)N1CC(CC#N)(n2cc(-c3nc(Nc4ccc(-c5nn[nH]n5)cc4)nc4ccsc34)cn2)C1.CCS(=O)(=O)N1CC(CC#N)(n2cc(-c3nc(Nc4ccnnc4)nc4ccsc34)cn2)C1.CCS(=O)(=O)N1CC(CC#N)(n2cc(-c3nc(Nc4cn(C)cn4)nc4ccsc34)cn2)C1. The normalized spacial score (nSPS) is 15.4. The predicted molar refractivity (Wildman–Crippen MR) is 509 cm³/mol. The first-order valence-corrected chi connectivity index (χ1v) is 50.6. The van der Waals surface area contributed by atoms with Gasteiger partial charge in [-0.15, -0.1) is 55.5 Å². The molecule has 45 nitrogen and oxygen atoms in total. The molecular formula is C84H82N38O7S7. The van der Waals surface area contributed by atoms with Crippen molar-refractivity contribution in [3.8, 4) is 80.7 Å². The zero-order valence-electron chi connectivity index (χ0n) is 73.4. The third-order valence-electron chi connectivity index (χ3n) is 23.4. The number of aromatic nitrogens is 26. The van der Waals surface area contributed by atoms with Gasteiger partial charge in [0, 0.05) is 144 Å². The fourth-order valence-corrected chi connectivity index (χ4v) is 23.2. The number of hydrogen-bond donors (Lipinski definition) is 5. The number of rotatable bonds is 28. The van der Waals surface area contributed by atoms with Crippen LogP contribution in [0.5, 0.6) is 0 Å². The van der Waals surface area contributed by atoms with Crippen LogP contribution in [0.1, 0.15) is 59.8 Å². The molecule has 0 spiro atoms. The molecule has 4 aliphatic heterocycles.